The van der Waals surface area contributed by atoms with E-state index in [2.05, 4.69) is 10.0 Å². The molecular formula is C12H14Cl2N2O5S. The molecule has 10 heteroatoms. The first-order valence-electron chi connectivity index (χ1n) is 6.11. The number of amides is 1. The molecule has 0 aliphatic heterocycles. The summed E-state index contributed by atoms with van der Waals surface area (Å²) >= 11 is 11.6. The number of carbonyl (C=O) groups excluding carboxylic acids is 1. The fourth-order valence-electron chi connectivity index (χ4n) is 1.49. The van der Waals surface area contributed by atoms with E-state index in [9.17, 15) is 18.0 Å². The van der Waals surface area contributed by atoms with E-state index in [-0.39, 0.29) is 27.9 Å². The molecule has 1 rings (SSSR count). The van der Waals surface area contributed by atoms with Gasteiger partial charge in [-0.3, -0.25) is 9.59 Å². The summed E-state index contributed by atoms with van der Waals surface area (Å²) in [4.78, 5) is 21.8. The molecule has 122 valence electrons. The number of halogens is 2. The molecule has 0 spiro atoms. The number of sulfonamides is 1. The summed E-state index contributed by atoms with van der Waals surface area (Å²) in [5, 5.41) is 10.8. The number of benzene rings is 1. The van der Waals surface area contributed by atoms with Crippen molar-refractivity contribution in [3.8, 4) is 0 Å². The van der Waals surface area contributed by atoms with Crippen molar-refractivity contribution < 1.29 is 23.1 Å². The number of rotatable bonds is 7. The minimum atomic E-state index is -3.97. The Morgan fingerprint density at radius 1 is 1.27 bits per heavy atom. The first kappa shape index (κ1) is 18.7. The van der Waals surface area contributed by atoms with Gasteiger partial charge in [0.2, 0.25) is 15.9 Å². The van der Waals surface area contributed by atoms with E-state index in [0.717, 1.165) is 0 Å². The van der Waals surface area contributed by atoms with Gasteiger partial charge in [-0.1, -0.05) is 29.3 Å². The fourth-order valence-corrected chi connectivity index (χ4v) is 3.66. The van der Waals surface area contributed by atoms with Gasteiger partial charge in [-0.15, -0.1) is 0 Å². The Morgan fingerprint density at radius 3 is 2.32 bits per heavy atom. The monoisotopic (exact) mass is 368 g/mol. The van der Waals surface area contributed by atoms with Gasteiger partial charge < -0.3 is 10.4 Å². The third-order valence-electron chi connectivity index (χ3n) is 2.58. The smallest absolute Gasteiger partial charge is 0.325 e. The van der Waals surface area contributed by atoms with Crippen molar-refractivity contribution in [2.75, 3.05) is 6.54 Å². The summed E-state index contributed by atoms with van der Waals surface area (Å²) < 4.78 is 26.3. The van der Waals surface area contributed by atoms with Crippen LogP contribution >= 0.6 is 23.2 Å². The lowest BCUT2D eigenvalue weighted by Gasteiger charge is -2.11. The van der Waals surface area contributed by atoms with E-state index in [4.69, 9.17) is 28.3 Å². The summed E-state index contributed by atoms with van der Waals surface area (Å²) in [5.74, 6) is -1.78. The summed E-state index contributed by atoms with van der Waals surface area (Å²) in [7, 11) is -3.97. The standard InChI is InChI=1S/C12H14Cl2N2O5S/c1-7(12(18)19)16-10(17)5-6-15-22(20,21)11-8(13)3-2-4-9(11)14/h2-4,7,15H,5-6H2,1H3,(H,16,17)(H,18,19)/t7-/m1/s1. The predicted molar refractivity (Wildman–Crippen MR) is 81.5 cm³/mol. The lowest BCUT2D eigenvalue weighted by atomic mass is 10.3. The normalized spacial score (nSPS) is 12.7. The second-order valence-electron chi connectivity index (χ2n) is 4.33. The Balaban J connectivity index is 2.64. The largest absolute Gasteiger partial charge is 0.480 e. The molecule has 0 unspecified atom stereocenters. The molecule has 22 heavy (non-hydrogen) atoms. The third kappa shape index (κ3) is 5.13. The van der Waals surface area contributed by atoms with E-state index >= 15 is 0 Å². The van der Waals surface area contributed by atoms with Crippen LogP contribution in [0.4, 0.5) is 0 Å². The third-order valence-corrected chi connectivity index (χ3v) is 5.00. The van der Waals surface area contributed by atoms with Crippen LogP contribution in [0.25, 0.3) is 0 Å². The summed E-state index contributed by atoms with van der Waals surface area (Å²) in [6, 6.07) is 3.21. The zero-order chi connectivity index (χ0) is 16.9. The molecule has 0 saturated carbocycles. The number of aliphatic carboxylic acids is 1. The maximum absolute atomic E-state index is 12.1. The maximum atomic E-state index is 12.1. The van der Waals surface area contributed by atoms with Crippen molar-refractivity contribution >= 4 is 45.1 Å². The molecule has 3 N–H and O–H groups in total. The van der Waals surface area contributed by atoms with Gasteiger partial charge in [-0.25, -0.2) is 13.1 Å². The Labute approximate surface area is 137 Å². The van der Waals surface area contributed by atoms with Gasteiger partial charge in [0.25, 0.3) is 0 Å². The highest BCUT2D eigenvalue weighted by Gasteiger charge is 2.21. The summed E-state index contributed by atoms with van der Waals surface area (Å²) in [6.07, 6.45) is -0.223. The molecule has 1 atom stereocenters. The van der Waals surface area contributed by atoms with Gasteiger partial charge in [0, 0.05) is 13.0 Å². The molecule has 1 aromatic rings. The number of carbonyl (C=O) groups is 2. The minimum absolute atomic E-state index is 0.0380. The first-order valence-corrected chi connectivity index (χ1v) is 8.35. The van der Waals surface area contributed by atoms with Crippen LogP contribution < -0.4 is 10.0 Å². The Morgan fingerprint density at radius 2 is 1.82 bits per heavy atom. The van der Waals surface area contributed by atoms with E-state index in [1.165, 1.54) is 25.1 Å². The highest BCUT2D eigenvalue weighted by Crippen LogP contribution is 2.28. The van der Waals surface area contributed by atoms with Crippen LogP contribution in [0.3, 0.4) is 0 Å². The topological polar surface area (TPSA) is 113 Å². The van der Waals surface area contributed by atoms with E-state index < -0.39 is 27.9 Å². The Kier molecular flexibility index (Phi) is 6.61. The minimum Gasteiger partial charge on any atom is -0.480 e. The molecular weight excluding hydrogens is 355 g/mol. The molecule has 0 saturated heterocycles. The first-order chi connectivity index (χ1) is 10.1. The summed E-state index contributed by atoms with van der Waals surface area (Å²) in [6.45, 7) is 1.08. The van der Waals surface area contributed by atoms with Crippen LogP contribution in [0.2, 0.25) is 10.0 Å². The van der Waals surface area contributed by atoms with Crippen LogP contribution in [0.5, 0.6) is 0 Å². The van der Waals surface area contributed by atoms with Crippen molar-refractivity contribution in [2.24, 2.45) is 0 Å². The Bertz CT molecular complexity index is 658. The van der Waals surface area contributed by atoms with Crippen molar-refractivity contribution in [3.63, 3.8) is 0 Å². The van der Waals surface area contributed by atoms with Crippen LogP contribution in [-0.2, 0) is 19.6 Å². The van der Waals surface area contributed by atoms with Crippen LogP contribution in [0, 0.1) is 0 Å². The molecule has 0 aliphatic carbocycles. The number of carboxylic acid groups (broad SMARTS) is 1. The SMILES string of the molecule is C[C@@H](NC(=O)CCNS(=O)(=O)c1c(Cl)cccc1Cl)C(=O)O. The van der Waals surface area contributed by atoms with Gasteiger partial charge in [-0.05, 0) is 19.1 Å². The number of hydrogen-bond acceptors (Lipinski definition) is 4. The van der Waals surface area contributed by atoms with E-state index in [1.54, 1.807) is 0 Å². The molecule has 0 heterocycles. The zero-order valence-corrected chi connectivity index (χ0v) is 13.8. The summed E-state index contributed by atoms with van der Waals surface area (Å²) in [5.41, 5.74) is 0. The molecule has 0 aromatic heterocycles. The molecule has 1 aromatic carbocycles. The Hall–Kier alpha value is -1.35. The average Bonchev–Trinajstić information content (AvgIpc) is 2.37. The molecule has 0 bridgehead atoms. The van der Waals surface area contributed by atoms with Crippen LogP contribution in [-0.4, -0.2) is 38.0 Å². The van der Waals surface area contributed by atoms with Crippen molar-refractivity contribution in [1.29, 1.82) is 0 Å². The predicted octanol–water partition coefficient (Wildman–Crippen LogP) is 1.25. The molecule has 0 fully saturated rings. The molecule has 0 radical (unpaired) electrons. The van der Waals surface area contributed by atoms with Crippen molar-refractivity contribution in [2.45, 2.75) is 24.3 Å². The van der Waals surface area contributed by atoms with E-state index in [1.807, 2.05) is 0 Å². The maximum Gasteiger partial charge on any atom is 0.325 e. The highest BCUT2D eigenvalue weighted by molar-refractivity contribution is 7.89. The zero-order valence-electron chi connectivity index (χ0n) is 11.5. The van der Waals surface area contributed by atoms with Gasteiger partial charge in [0.15, 0.2) is 0 Å². The van der Waals surface area contributed by atoms with Crippen molar-refractivity contribution in [3.05, 3.63) is 28.2 Å². The van der Waals surface area contributed by atoms with E-state index in [0.29, 0.717) is 0 Å². The lowest BCUT2D eigenvalue weighted by molar-refractivity contribution is -0.141. The van der Waals surface area contributed by atoms with Gasteiger partial charge in [0.1, 0.15) is 10.9 Å². The molecule has 1 amide bonds. The number of carboxylic acids is 1. The fraction of sp³-hybridized carbons (Fsp3) is 0.333. The number of nitrogens with one attached hydrogen (secondary N) is 2. The van der Waals surface area contributed by atoms with Crippen molar-refractivity contribution in [1.82, 2.24) is 10.0 Å². The van der Waals surface area contributed by atoms with Gasteiger partial charge >= 0.3 is 5.97 Å². The highest BCUT2D eigenvalue weighted by atomic mass is 35.5. The van der Waals surface area contributed by atoms with Gasteiger partial charge in [-0.2, -0.15) is 0 Å². The van der Waals surface area contributed by atoms with Gasteiger partial charge in [0.05, 0.1) is 10.0 Å². The second kappa shape index (κ2) is 7.77. The molecule has 7 nitrogen and oxygen atoms in total. The number of hydrogen-bond donors (Lipinski definition) is 3. The quantitative estimate of drug-likeness (QED) is 0.670. The average molecular weight is 369 g/mol. The van der Waals surface area contributed by atoms with Crippen LogP contribution in [0.15, 0.2) is 23.1 Å². The second-order valence-corrected chi connectivity index (χ2v) is 6.84. The molecule has 0 aliphatic rings. The van der Waals surface area contributed by atoms with Crippen LogP contribution in [0.1, 0.15) is 13.3 Å². The lowest BCUT2D eigenvalue weighted by Crippen LogP contribution is -2.39.